The fourth-order valence-corrected chi connectivity index (χ4v) is 3.34. The SMILES string of the molecule is COC(=O)c1c2c(nn1-c1ccc(CN)cc1)C(C)CCN2C(=O)OC(C)(C)C. The molecule has 0 saturated carbocycles. The second-order valence-corrected chi connectivity index (χ2v) is 8.18. The molecule has 3 rings (SSSR count). The lowest BCUT2D eigenvalue weighted by molar-refractivity contribution is 0.0574. The first-order chi connectivity index (χ1) is 13.7. The van der Waals surface area contributed by atoms with Crippen molar-refractivity contribution in [2.75, 3.05) is 18.6 Å². The summed E-state index contributed by atoms with van der Waals surface area (Å²) in [5, 5.41) is 4.69. The van der Waals surface area contributed by atoms with E-state index in [1.54, 1.807) is 0 Å². The number of rotatable bonds is 3. The van der Waals surface area contributed by atoms with Crippen LogP contribution in [0.2, 0.25) is 0 Å². The number of carbonyl (C=O) groups is 2. The lowest BCUT2D eigenvalue weighted by Gasteiger charge is -2.32. The fraction of sp³-hybridized carbons (Fsp3) is 0.476. The van der Waals surface area contributed by atoms with Crippen LogP contribution in [0.4, 0.5) is 10.5 Å². The molecule has 2 aromatic rings. The van der Waals surface area contributed by atoms with Crippen LogP contribution in [0, 0.1) is 0 Å². The number of carbonyl (C=O) groups excluding carboxylic acids is 2. The molecule has 8 nitrogen and oxygen atoms in total. The van der Waals surface area contributed by atoms with Gasteiger partial charge in [-0.1, -0.05) is 19.1 Å². The first-order valence-electron chi connectivity index (χ1n) is 9.67. The third-order valence-corrected chi connectivity index (χ3v) is 4.82. The van der Waals surface area contributed by atoms with Gasteiger partial charge in [-0.05, 0) is 44.9 Å². The van der Waals surface area contributed by atoms with E-state index in [0.717, 1.165) is 12.0 Å². The second kappa shape index (κ2) is 7.87. The van der Waals surface area contributed by atoms with Crippen LogP contribution in [0.1, 0.15) is 61.8 Å². The van der Waals surface area contributed by atoms with Crippen molar-refractivity contribution >= 4 is 17.7 Å². The molecule has 0 spiro atoms. The van der Waals surface area contributed by atoms with Crippen LogP contribution >= 0.6 is 0 Å². The molecule has 1 aliphatic rings. The van der Waals surface area contributed by atoms with Gasteiger partial charge in [0.15, 0.2) is 5.69 Å². The van der Waals surface area contributed by atoms with E-state index in [1.807, 2.05) is 52.0 Å². The van der Waals surface area contributed by atoms with E-state index in [1.165, 1.54) is 16.7 Å². The normalized spacial score (nSPS) is 16.3. The maximum Gasteiger partial charge on any atom is 0.414 e. The summed E-state index contributed by atoms with van der Waals surface area (Å²) in [7, 11) is 1.31. The molecule has 1 atom stereocenters. The Morgan fingerprint density at radius 3 is 2.45 bits per heavy atom. The van der Waals surface area contributed by atoms with Gasteiger partial charge >= 0.3 is 12.1 Å². The molecular weight excluding hydrogens is 372 g/mol. The molecule has 1 aliphatic heterocycles. The van der Waals surface area contributed by atoms with Crippen molar-refractivity contribution in [3.05, 3.63) is 41.2 Å². The van der Waals surface area contributed by atoms with Gasteiger partial charge in [-0.2, -0.15) is 5.10 Å². The summed E-state index contributed by atoms with van der Waals surface area (Å²) in [5.41, 5.74) is 8.02. The number of hydrogen-bond acceptors (Lipinski definition) is 6. The highest BCUT2D eigenvalue weighted by Crippen LogP contribution is 2.39. The molecule has 1 amide bonds. The topological polar surface area (TPSA) is 99.7 Å². The maximum absolute atomic E-state index is 12.9. The Kier molecular flexibility index (Phi) is 5.66. The largest absolute Gasteiger partial charge is 0.464 e. The predicted molar refractivity (Wildman–Crippen MR) is 109 cm³/mol. The van der Waals surface area contributed by atoms with Crippen LogP contribution in [0.5, 0.6) is 0 Å². The molecule has 29 heavy (non-hydrogen) atoms. The third-order valence-electron chi connectivity index (χ3n) is 4.82. The van der Waals surface area contributed by atoms with Gasteiger partial charge in [-0.3, -0.25) is 4.90 Å². The van der Waals surface area contributed by atoms with E-state index in [0.29, 0.717) is 30.2 Å². The Balaban J connectivity index is 2.16. The van der Waals surface area contributed by atoms with Crippen molar-refractivity contribution in [3.63, 3.8) is 0 Å². The van der Waals surface area contributed by atoms with Crippen molar-refractivity contribution in [1.29, 1.82) is 0 Å². The molecule has 2 N–H and O–H groups in total. The average Bonchev–Trinajstić information content (AvgIpc) is 3.07. The van der Waals surface area contributed by atoms with Crippen LogP contribution in [0.3, 0.4) is 0 Å². The summed E-state index contributed by atoms with van der Waals surface area (Å²) in [4.78, 5) is 27.1. The molecule has 1 unspecified atom stereocenters. The highest BCUT2D eigenvalue weighted by atomic mass is 16.6. The summed E-state index contributed by atoms with van der Waals surface area (Å²) in [6, 6.07) is 7.45. The van der Waals surface area contributed by atoms with E-state index < -0.39 is 17.7 Å². The van der Waals surface area contributed by atoms with Crippen LogP contribution < -0.4 is 10.6 Å². The van der Waals surface area contributed by atoms with Gasteiger partial charge < -0.3 is 15.2 Å². The Morgan fingerprint density at radius 1 is 1.24 bits per heavy atom. The van der Waals surface area contributed by atoms with Crippen molar-refractivity contribution in [3.8, 4) is 5.69 Å². The standard InChI is InChI=1S/C21H28N4O4/c1-13-10-11-24(20(27)29-21(2,3)4)17-16(13)23-25(18(17)19(26)28-5)15-8-6-14(12-22)7-9-15/h6-9,13H,10-12,22H2,1-5H3. The minimum atomic E-state index is -0.653. The molecular formula is C21H28N4O4. The minimum absolute atomic E-state index is 0.0802. The summed E-state index contributed by atoms with van der Waals surface area (Å²) >= 11 is 0. The monoisotopic (exact) mass is 400 g/mol. The maximum atomic E-state index is 12.9. The Hall–Kier alpha value is -2.87. The highest BCUT2D eigenvalue weighted by molar-refractivity contribution is 6.01. The van der Waals surface area contributed by atoms with Crippen molar-refractivity contribution in [2.45, 2.75) is 52.2 Å². The lowest BCUT2D eigenvalue weighted by Crippen LogP contribution is -2.41. The van der Waals surface area contributed by atoms with Gasteiger partial charge in [0.2, 0.25) is 0 Å². The number of hydrogen-bond donors (Lipinski definition) is 1. The smallest absolute Gasteiger partial charge is 0.414 e. The first-order valence-corrected chi connectivity index (χ1v) is 9.67. The number of anilines is 1. The van der Waals surface area contributed by atoms with Crippen molar-refractivity contribution < 1.29 is 19.1 Å². The van der Waals surface area contributed by atoms with Crippen molar-refractivity contribution in [2.24, 2.45) is 5.73 Å². The summed E-state index contributed by atoms with van der Waals surface area (Å²) in [6.45, 7) is 8.31. The molecule has 1 aromatic carbocycles. The Labute approximate surface area is 170 Å². The summed E-state index contributed by atoms with van der Waals surface area (Å²) < 4.78 is 12.1. The van der Waals surface area contributed by atoms with Gasteiger partial charge in [-0.15, -0.1) is 0 Å². The second-order valence-electron chi connectivity index (χ2n) is 8.18. The number of ether oxygens (including phenoxy) is 2. The predicted octanol–water partition coefficient (Wildman–Crippen LogP) is 3.37. The molecule has 2 heterocycles. The number of fused-ring (bicyclic) bond motifs is 1. The van der Waals surface area contributed by atoms with E-state index in [4.69, 9.17) is 20.3 Å². The van der Waals surface area contributed by atoms with Crippen LogP contribution in [0.15, 0.2) is 24.3 Å². The van der Waals surface area contributed by atoms with Crippen LogP contribution in [0.25, 0.3) is 5.69 Å². The number of nitrogens with two attached hydrogens (primary N) is 1. The average molecular weight is 400 g/mol. The number of aromatic nitrogens is 2. The molecule has 0 bridgehead atoms. The molecule has 8 heteroatoms. The molecule has 0 radical (unpaired) electrons. The van der Waals surface area contributed by atoms with Crippen LogP contribution in [-0.4, -0.2) is 41.1 Å². The first kappa shape index (κ1) is 20.9. The fourth-order valence-electron chi connectivity index (χ4n) is 3.34. The van der Waals surface area contributed by atoms with Gasteiger partial charge in [-0.25, -0.2) is 14.3 Å². The quantitative estimate of drug-likeness (QED) is 0.793. The lowest BCUT2D eigenvalue weighted by atomic mass is 9.97. The van der Waals surface area contributed by atoms with Crippen molar-refractivity contribution in [1.82, 2.24) is 9.78 Å². The molecule has 156 valence electrons. The molecule has 0 saturated heterocycles. The third kappa shape index (κ3) is 4.12. The summed E-state index contributed by atoms with van der Waals surface area (Å²) in [5.74, 6) is -0.485. The minimum Gasteiger partial charge on any atom is -0.464 e. The van der Waals surface area contributed by atoms with Crippen LogP contribution in [-0.2, 0) is 16.0 Å². The van der Waals surface area contributed by atoms with Gasteiger partial charge in [0.25, 0.3) is 0 Å². The number of nitrogens with zero attached hydrogens (tertiary/aromatic N) is 3. The zero-order chi connectivity index (χ0) is 21.3. The van der Waals surface area contributed by atoms with E-state index in [-0.39, 0.29) is 11.6 Å². The van der Waals surface area contributed by atoms with E-state index in [9.17, 15) is 9.59 Å². The molecule has 0 fully saturated rings. The number of methoxy groups -OCH3 is 1. The highest BCUT2D eigenvalue weighted by Gasteiger charge is 2.38. The summed E-state index contributed by atoms with van der Waals surface area (Å²) in [6.07, 6.45) is 0.213. The zero-order valence-electron chi connectivity index (χ0n) is 17.6. The Morgan fingerprint density at radius 2 is 1.90 bits per heavy atom. The van der Waals surface area contributed by atoms with Gasteiger partial charge in [0.1, 0.15) is 11.3 Å². The number of esters is 1. The number of benzene rings is 1. The Bertz CT molecular complexity index is 912. The molecule has 0 aliphatic carbocycles. The zero-order valence-corrected chi connectivity index (χ0v) is 17.6. The number of amides is 1. The van der Waals surface area contributed by atoms with Gasteiger partial charge in [0.05, 0.1) is 18.5 Å². The van der Waals surface area contributed by atoms with Gasteiger partial charge in [0, 0.05) is 19.0 Å². The molecule has 1 aromatic heterocycles. The van der Waals surface area contributed by atoms with E-state index >= 15 is 0 Å². The van der Waals surface area contributed by atoms with E-state index in [2.05, 4.69) is 0 Å².